The minimum Gasteiger partial charge on any atom is -0.497 e. The van der Waals surface area contributed by atoms with Crippen LogP contribution in [0.5, 0.6) is 5.75 Å². The van der Waals surface area contributed by atoms with E-state index in [1.165, 1.54) is 0 Å². The Hall–Kier alpha value is -2.54. The highest BCUT2D eigenvalue weighted by molar-refractivity contribution is 7.92. The molecule has 1 unspecified atom stereocenters. The monoisotopic (exact) mass is 444 g/mol. The number of ether oxygens (including phenoxy) is 1. The molecular weight excluding hydrogens is 412 g/mol. The van der Waals surface area contributed by atoms with E-state index in [0.29, 0.717) is 5.69 Å². The molecule has 7 heteroatoms. The Balaban J connectivity index is 1.77. The fourth-order valence-corrected chi connectivity index (χ4v) is 4.82. The van der Waals surface area contributed by atoms with Gasteiger partial charge in [0.05, 0.1) is 25.1 Å². The number of nitrogens with one attached hydrogen (secondary N) is 1. The fraction of sp³-hybridized carbons (Fsp3) is 0.458. The van der Waals surface area contributed by atoms with Crippen LogP contribution < -0.4 is 14.4 Å². The Kier molecular flexibility index (Phi) is 6.65. The van der Waals surface area contributed by atoms with Crippen molar-refractivity contribution in [1.29, 1.82) is 0 Å². The number of hydrogen-bond donors (Lipinski definition) is 1. The van der Waals surface area contributed by atoms with E-state index in [1.54, 1.807) is 19.2 Å². The zero-order valence-corrected chi connectivity index (χ0v) is 19.8. The Morgan fingerprint density at radius 2 is 1.84 bits per heavy atom. The molecule has 0 fully saturated rings. The van der Waals surface area contributed by atoms with Crippen molar-refractivity contribution in [2.45, 2.75) is 51.5 Å². The van der Waals surface area contributed by atoms with Gasteiger partial charge in [-0.2, -0.15) is 0 Å². The van der Waals surface area contributed by atoms with Crippen molar-refractivity contribution in [1.82, 2.24) is 5.32 Å². The summed E-state index contributed by atoms with van der Waals surface area (Å²) in [6.07, 6.45) is 3.84. The van der Waals surface area contributed by atoms with Crippen LogP contribution in [0.2, 0.25) is 0 Å². The van der Waals surface area contributed by atoms with E-state index >= 15 is 0 Å². The average molecular weight is 445 g/mol. The molecule has 0 saturated heterocycles. The van der Waals surface area contributed by atoms with E-state index in [-0.39, 0.29) is 23.9 Å². The molecule has 0 aliphatic heterocycles. The van der Waals surface area contributed by atoms with Gasteiger partial charge in [0.2, 0.25) is 15.9 Å². The first kappa shape index (κ1) is 23.1. The maximum atomic E-state index is 12.9. The van der Waals surface area contributed by atoms with Crippen molar-refractivity contribution in [3.63, 3.8) is 0 Å². The molecule has 3 rings (SSSR count). The van der Waals surface area contributed by atoms with Gasteiger partial charge in [0, 0.05) is 0 Å². The average Bonchev–Trinajstić information content (AvgIpc) is 2.70. The normalized spacial score (nSPS) is 16.4. The molecule has 1 amide bonds. The fourth-order valence-electron chi connectivity index (χ4n) is 3.97. The second-order valence-electron chi connectivity index (χ2n) is 9.14. The lowest BCUT2D eigenvalue weighted by Gasteiger charge is -2.28. The van der Waals surface area contributed by atoms with Crippen molar-refractivity contribution < 1.29 is 17.9 Å². The minimum absolute atomic E-state index is 0.0388. The van der Waals surface area contributed by atoms with Gasteiger partial charge in [0.25, 0.3) is 0 Å². The molecule has 6 nitrogen and oxygen atoms in total. The summed E-state index contributed by atoms with van der Waals surface area (Å²) in [7, 11) is -1.98. The molecule has 0 aromatic heterocycles. The van der Waals surface area contributed by atoms with Crippen LogP contribution in [0.3, 0.4) is 0 Å². The molecule has 0 spiro atoms. The molecule has 1 aliphatic carbocycles. The van der Waals surface area contributed by atoms with Crippen LogP contribution in [-0.4, -0.2) is 34.2 Å². The van der Waals surface area contributed by atoms with Gasteiger partial charge in [-0.25, -0.2) is 8.42 Å². The van der Waals surface area contributed by atoms with E-state index in [4.69, 9.17) is 4.74 Å². The summed E-state index contributed by atoms with van der Waals surface area (Å²) in [6, 6.07) is 13.1. The van der Waals surface area contributed by atoms with Crippen molar-refractivity contribution in [3.8, 4) is 5.75 Å². The maximum Gasteiger partial charge on any atom is 0.241 e. The van der Waals surface area contributed by atoms with Crippen LogP contribution in [0.4, 0.5) is 5.69 Å². The standard InChI is InChI=1S/C24H32N2O4S/c1-24(2,3)18-9-11-19(12-10-18)26(31(5,28)29)16-23(27)25-22-8-6-7-17-15-20(30-4)13-14-21(17)22/h9-15,22H,6-8,16H2,1-5H3,(H,25,27). The Morgan fingerprint density at radius 3 is 2.42 bits per heavy atom. The molecule has 1 atom stereocenters. The number of carbonyl (C=O) groups is 1. The van der Waals surface area contributed by atoms with Crippen LogP contribution in [0.1, 0.15) is 56.3 Å². The Bertz CT molecular complexity index is 1040. The van der Waals surface area contributed by atoms with Crippen LogP contribution >= 0.6 is 0 Å². The van der Waals surface area contributed by atoms with Crippen molar-refractivity contribution in [2.24, 2.45) is 0 Å². The van der Waals surface area contributed by atoms with Crippen LogP contribution in [-0.2, 0) is 26.7 Å². The summed E-state index contributed by atoms with van der Waals surface area (Å²) in [5.74, 6) is 0.478. The van der Waals surface area contributed by atoms with Crippen LogP contribution in [0.25, 0.3) is 0 Å². The van der Waals surface area contributed by atoms with Gasteiger partial charge in [0.15, 0.2) is 0 Å². The highest BCUT2D eigenvalue weighted by atomic mass is 32.2. The number of anilines is 1. The van der Waals surface area contributed by atoms with Crippen molar-refractivity contribution >= 4 is 21.6 Å². The predicted octanol–water partition coefficient (Wildman–Crippen LogP) is 3.95. The number of rotatable bonds is 6. The number of aryl methyl sites for hydroxylation is 1. The molecule has 168 valence electrons. The summed E-state index contributed by atoms with van der Waals surface area (Å²) in [4.78, 5) is 12.9. The first-order valence-corrected chi connectivity index (χ1v) is 12.4. The highest BCUT2D eigenvalue weighted by Crippen LogP contribution is 2.32. The second kappa shape index (κ2) is 8.91. The number of hydrogen-bond acceptors (Lipinski definition) is 4. The van der Waals surface area contributed by atoms with Gasteiger partial charge in [-0.05, 0) is 65.6 Å². The zero-order valence-electron chi connectivity index (χ0n) is 18.9. The van der Waals surface area contributed by atoms with Gasteiger partial charge in [-0.15, -0.1) is 0 Å². The first-order valence-electron chi connectivity index (χ1n) is 10.5. The molecule has 0 heterocycles. The molecule has 31 heavy (non-hydrogen) atoms. The zero-order chi connectivity index (χ0) is 22.8. The van der Waals surface area contributed by atoms with Crippen LogP contribution in [0, 0.1) is 0 Å². The van der Waals surface area contributed by atoms with E-state index in [1.807, 2.05) is 30.3 Å². The topological polar surface area (TPSA) is 75.7 Å². The van der Waals surface area contributed by atoms with Crippen LogP contribution in [0.15, 0.2) is 42.5 Å². The third-order valence-corrected chi connectivity index (χ3v) is 6.85. The third-order valence-electron chi connectivity index (χ3n) is 5.71. The number of amides is 1. The predicted molar refractivity (Wildman–Crippen MR) is 124 cm³/mol. The molecule has 2 aromatic carbocycles. The molecule has 1 aliphatic rings. The molecule has 1 N–H and O–H groups in total. The molecule has 0 bridgehead atoms. The lowest BCUT2D eigenvalue weighted by atomic mass is 9.87. The number of methoxy groups -OCH3 is 1. The summed E-state index contributed by atoms with van der Waals surface area (Å²) in [6.45, 7) is 6.04. The molecule has 0 radical (unpaired) electrons. The van der Waals surface area contributed by atoms with E-state index in [0.717, 1.165) is 52.3 Å². The number of carbonyl (C=O) groups excluding carboxylic acids is 1. The maximum absolute atomic E-state index is 12.9. The first-order chi connectivity index (χ1) is 14.5. The SMILES string of the molecule is COc1ccc2c(c1)CCCC2NC(=O)CN(c1ccc(C(C)(C)C)cc1)S(C)(=O)=O. The van der Waals surface area contributed by atoms with Crippen molar-refractivity contribution in [2.75, 3.05) is 24.2 Å². The summed E-state index contributed by atoms with van der Waals surface area (Å²) in [5.41, 5.74) is 3.78. The van der Waals surface area contributed by atoms with Crippen molar-refractivity contribution in [3.05, 3.63) is 59.2 Å². The quantitative estimate of drug-likeness (QED) is 0.732. The van der Waals surface area contributed by atoms with E-state index < -0.39 is 10.0 Å². The van der Waals surface area contributed by atoms with Gasteiger partial charge >= 0.3 is 0 Å². The lowest BCUT2D eigenvalue weighted by molar-refractivity contribution is -0.120. The van der Waals surface area contributed by atoms with Gasteiger partial charge in [-0.3, -0.25) is 9.10 Å². The van der Waals surface area contributed by atoms with Gasteiger partial charge in [0.1, 0.15) is 12.3 Å². The summed E-state index contributed by atoms with van der Waals surface area (Å²) in [5, 5.41) is 3.03. The van der Waals surface area contributed by atoms with E-state index in [9.17, 15) is 13.2 Å². The number of benzene rings is 2. The molecule has 2 aromatic rings. The molecular formula is C24H32N2O4S. The van der Waals surface area contributed by atoms with Gasteiger partial charge in [-0.1, -0.05) is 39.0 Å². The lowest BCUT2D eigenvalue weighted by Crippen LogP contribution is -2.42. The number of fused-ring (bicyclic) bond motifs is 1. The summed E-state index contributed by atoms with van der Waals surface area (Å²) < 4.78 is 31.3. The summed E-state index contributed by atoms with van der Waals surface area (Å²) >= 11 is 0. The second-order valence-corrected chi connectivity index (χ2v) is 11.1. The minimum atomic E-state index is -3.62. The largest absolute Gasteiger partial charge is 0.497 e. The smallest absolute Gasteiger partial charge is 0.241 e. The number of sulfonamides is 1. The highest BCUT2D eigenvalue weighted by Gasteiger charge is 2.26. The Labute approximate surface area is 185 Å². The number of nitrogens with zero attached hydrogens (tertiary/aromatic N) is 1. The molecule has 0 saturated carbocycles. The van der Waals surface area contributed by atoms with Gasteiger partial charge < -0.3 is 10.1 Å². The Morgan fingerprint density at radius 1 is 1.16 bits per heavy atom. The van der Waals surface area contributed by atoms with E-state index in [2.05, 4.69) is 26.1 Å². The third kappa shape index (κ3) is 5.58.